The zero-order chi connectivity index (χ0) is 17.8. The van der Waals surface area contributed by atoms with Crippen LogP contribution >= 0.6 is 0 Å². The lowest BCUT2D eigenvalue weighted by Crippen LogP contribution is -2.08. The summed E-state index contributed by atoms with van der Waals surface area (Å²) in [5.74, 6) is 2.07. The third-order valence-electron chi connectivity index (χ3n) is 3.62. The van der Waals surface area contributed by atoms with Crippen LogP contribution in [0, 0.1) is 29.1 Å². The van der Waals surface area contributed by atoms with Gasteiger partial charge in [0.1, 0.15) is 0 Å². The van der Waals surface area contributed by atoms with E-state index in [2.05, 4.69) is 58.1 Å². The first-order valence-electron chi connectivity index (χ1n) is 9.22. The lowest BCUT2D eigenvalue weighted by Gasteiger charge is -2.19. The van der Waals surface area contributed by atoms with E-state index in [1.807, 2.05) is 27.7 Å². The molecule has 0 spiro atoms. The standard InChI is InChI=1S/C8H14.C6H12.C5H9N.C2H6/c1-7-5-3-4-6-8(7)2;1-3-5-6-4-2;1-3-5(2)4-6;1-2/h3-4,7-8H,5-6H2,1-2H3;5-6H,3-4H2,1-2H3;5H,3H2,1-2H3;1-2H3. The molecule has 1 aliphatic carbocycles. The fourth-order valence-corrected chi connectivity index (χ4v) is 1.51. The Labute approximate surface area is 141 Å². The number of nitriles is 1. The van der Waals surface area contributed by atoms with Gasteiger partial charge in [0.2, 0.25) is 0 Å². The second-order valence-electron chi connectivity index (χ2n) is 5.62. The summed E-state index contributed by atoms with van der Waals surface area (Å²) in [6.45, 7) is 16.9. The predicted molar refractivity (Wildman–Crippen MR) is 103 cm³/mol. The first-order chi connectivity index (χ1) is 10.5. The Morgan fingerprint density at radius 3 is 1.50 bits per heavy atom. The van der Waals surface area contributed by atoms with E-state index in [1.165, 1.54) is 25.7 Å². The third kappa shape index (κ3) is 21.3. The van der Waals surface area contributed by atoms with Crippen LogP contribution in [0.1, 0.15) is 87.5 Å². The van der Waals surface area contributed by atoms with Gasteiger partial charge in [-0.15, -0.1) is 0 Å². The van der Waals surface area contributed by atoms with Gasteiger partial charge in [0.15, 0.2) is 0 Å². The lowest BCUT2D eigenvalue weighted by molar-refractivity contribution is 0.380. The van der Waals surface area contributed by atoms with Crippen LogP contribution in [0.5, 0.6) is 0 Å². The van der Waals surface area contributed by atoms with Crippen molar-refractivity contribution >= 4 is 0 Å². The molecule has 130 valence electrons. The highest BCUT2D eigenvalue weighted by Gasteiger charge is 2.11. The molecule has 1 rings (SSSR count). The van der Waals surface area contributed by atoms with Gasteiger partial charge in [0.05, 0.1) is 6.07 Å². The monoisotopic (exact) mass is 307 g/mol. The van der Waals surface area contributed by atoms with Crippen LogP contribution in [0.15, 0.2) is 24.3 Å². The first kappa shape index (κ1) is 25.9. The molecule has 0 aliphatic heterocycles. The Balaban J connectivity index is -0.000000237. The van der Waals surface area contributed by atoms with Crippen molar-refractivity contribution in [2.24, 2.45) is 17.8 Å². The molecule has 0 radical (unpaired) electrons. The van der Waals surface area contributed by atoms with Crippen LogP contribution in [-0.2, 0) is 0 Å². The summed E-state index contributed by atoms with van der Waals surface area (Å²) in [4.78, 5) is 0. The smallest absolute Gasteiger partial charge is 0.0652 e. The summed E-state index contributed by atoms with van der Waals surface area (Å²) < 4.78 is 0. The summed E-state index contributed by atoms with van der Waals surface area (Å²) in [6, 6.07) is 2.11. The number of allylic oxidation sites excluding steroid dienone is 4. The topological polar surface area (TPSA) is 23.8 Å². The zero-order valence-electron chi connectivity index (χ0n) is 16.5. The van der Waals surface area contributed by atoms with Crippen LogP contribution in [0.25, 0.3) is 0 Å². The van der Waals surface area contributed by atoms with Crippen LogP contribution in [-0.4, -0.2) is 0 Å². The molecule has 1 heteroatoms. The summed E-state index contributed by atoms with van der Waals surface area (Å²) in [6.07, 6.45) is 14.9. The van der Waals surface area contributed by atoms with Crippen molar-refractivity contribution in [2.75, 3.05) is 0 Å². The Morgan fingerprint density at radius 2 is 1.36 bits per heavy atom. The molecule has 1 aliphatic rings. The molecule has 0 aromatic heterocycles. The van der Waals surface area contributed by atoms with Gasteiger partial charge < -0.3 is 0 Å². The van der Waals surface area contributed by atoms with Gasteiger partial charge in [-0.2, -0.15) is 5.26 Å². The number of nitrogens with zero attached hydrogens (tertiary/aromatic N) is 1. The minimum Gasteiger partial charge on any atom is -0.198 e. The molecular formula is C21H41N. The van der Waals surface area contributed by atoms with Crippen molar-refractivity contribution < 1.29 is 0 Å². The average Bonchev–Trinajstić information content (AvgIpc) is 2.58. The van der Waals surface area contributed by atoms with Gasteiger partial charge in [0, 0.05) is 5.92 Å². The molecule has 0 saturated carbocycles. The predicted octanol–water partition coefficient (Wildman–Crippen LogP) is 7.55. The maximum Gasteiger partial charge on any atom is 0.0652 e. The number of hydrogen-bond acceptors (Lipinski definition) is 1. The molecule has 0 heterocycles. The van der Waals surface area contributed by atoms with E-state index in [-0.39, 0.29) is 5.92 Å². The molecule has 0 amide bonds. The molecule has 0 N–H and O–H groups in total. The average molecular weight is 308 g/mol. The Hall–Kier alpha value is -1.03. The van der Waals surface area contributed by atoms with Crippen molar-refractivity contribution in [3.05, 3.63) is 24.3 Å². The van der Waals surface area contributed by atoms with E-state index < -0.39 is 0 Å². The molecule has 3 atom stereocenters. The highest BCUT2D eigenvalue weighted by Crippen LogP contribution is 2.23. The highest BCUT2D eigenvalue weighted by atomic mass is 14.2. The lowest BCUT2D eigenvalue weighted by atomic mass is 9.86. The quantitative estimate of drug-likeness (QED) is 0.494. The van der Waals surface area contributed by atoms with Crippen molar-refractivity contribution in [1.29, 1.82) is 5.26 Å². The Morgan fingerprint density at radius 1 is 1.00 bits per heavy atom. The molecule has 0 saturated heterocycles. The van der Waals surface area contributed by atoms with E-state index in [9.17, 15) is 0 Å². The number of rotatable bonds is 3. The van der Waals surface area contributed by atoms with E-state index in [0.717, 1.165) is 18.3 Å². The largest absolute Gasteiger partial charge is 0.198 e. The SMILES string of the molecule is CC.CC1CC=CCC1C.CCC(C)C#N.CCC=CCC. The van der Waals surface area contributed by atoms with Gasteiger partial charge in [0.25, 0.3) is 0 Å². The molecule has 22 heavy (non-hydrogen) atoms. The molecule has 3 unspecified atom stereocenters. The first-order valence-corrected chi connectivity index (χ1v) is 9.22. The molecule has 0 bridgehead atoms. The van der Waals surface area contributed by atoms with Gasteiger partial charge in [-0.25, -0.2) is 0 Å². The van der Waals surface area contributed by atoms with Crippen molar-refractivity contribution in [3.63, 3.8) is 0 Å². The van der Waals surface area contributed by atoms with Gasteiger partial charge in [-0.3, -0.25) is 0 Å². The van der Waals surface area contributed by atoms with Gasteiger partial charge >= 0.3 is 0 Å². The maximum atomic E-state index is 8.08. The summed E-state index contributed by atoms with van der Waals surface area (Å²) in [5, 5.41) is 8.08. The summed E-state index contributed by atoms with van der Waals surface area (Å²) >= 11 is 0. The van der Waals surface area contributed by atoms with Crippen molar-refractivity contribution in [2.45, 2.75) is 87.5 Å². The van der Waals surface area contributed by atoms with Crippen LogP contribution in [0.3, 0.4) is 0 Å². The normalized spacial score (nSPS) is 20.3. The van der Waals surface area contributed by atoms with Crippen LogP contribution in [0.4, 0.5) is 0 Å². The van der Waals surface area contributed by atoms with Crippen LogP contribution < -0.4 is 0 Å². The van der Waals surface area contributed by atoms with Crippen molar-refractivity contribution in [3.8, 4) is 6.07 Å². The minimum atomic E-state index is 0.241. The minimum absolute atomic E-state index is 0.241. The van der Waals surface area contributed by atoms with Crippen molar-refractivity contribution in [1.82, 2.24) is 0 Å². The Bertz CT molecular complexity index is 265. The second kappa shape index (κ2) is 22.3. The second-order valence-corrected chi connectivity index (χ2v) is 5.62. The summed E-state index contributed by atoms with van der Waals surface area (Å²) in [5.41, 5.74) is 0. The fraction of sp³-hybridized carbons (Fsp3) is 0.762. The van der Waals surface area contributed by atoms with E-state index in [4.69, 9.17) is 5.26 Å². The highest BCUT2D eigenvalue weighted by molar-refractivity contribution is 4.91. The molecule has 1 nitrogen and oxygen atoms in total. The molecule has 0 fully saturated rings. The molecular weight excluding hydrogens is 266 g/mol. The van der Waals surface area contributed by atoms with Crippen LogP contribution in [0.2, 0.25) is 0 Å². The third-order valence-corrected chi connectivity index (χ3v) is 3.62. The Kier molecular flexibility index (Phi) is 26.2. The molecule has 0 aromatic rings. The molecule has 0 aromatic carbocycles. The fourth-order valence-electron chi connectivity index (χ4n) is 1.51. The van der Waals surface area contributed by atoms with E-state index in [1.54, 1.807) is 0 Å². The maximum absolute atomic E-state index is 8.08. The van der Waals surface area contributed by atoms with E-state index in [0.29, 0.717) is 0 Å². The van der Waals surface area contributed by atoms with E-state index >= 15 is 0 Å². The zero-order valence-corrected chi connectivity index (χ0v) is 16.5. The number of hydrogen-bond donors (Lipinski definition) is 0. The summed E-state index contributed by atoms with van der Waals surface area (Å²) in [7, 11) is 0. The van der Waals surface area contributed by atoms with Gasteiger partial charge in [-0.05, 0) is 50.9 Å². The van der Waals surface area contributed by atoms with Gasteiger partial charge in [-0.1, -0.05) is 72.8 Å².